The third-order valence-electron chi connectivity index (χ3n) is 3.90. The number of aromatic nitrogens is 2. The molecule has 1 aliphatic carbocycles. The van der Waals surface area contributed by atoms with Gasteiger partial charge in [-0.3, -0.25) is 0 Å². The van der Waals surface area contributed by atoms with Crippen molar-refractivity contribution in [3.05, 3.63) is 42.0 Å². The average Bonchev–Trinajstić information content (AvgIpc) is 2.95. The maximum atomic E-state index is 5.18. The molecule has 1 fully saturated rings. The van der Waals surface area contributed by atoms with Crippen LogP contribution in [0.3, 0.4) is 0 Å². The Hall–Kier alpha value is -1.88. The zero-order chi connectivity index (χ0) is 13.8. The fourth-order valence-electron chi connectivity index (χ4n) is 2.62. The maximum absolute atomic E-state index is 5.18. The maximum Gasteiger partial charge on any atom is 0.227 e. The molecule has 1 aromatic carbocycles. The molecule has 1 N–H and O–H groups in total. The molecule has 0 spiro atoms. The lowest BCUT2D eigenvalue weighted by atomic mass is 9.76. The molecule has 20 heavy (non-hydrogen) atoms. The van der Waals surface area contributed by atoms with Crippen molar-refractivity contribution in [1.82, 2.24) is 15.5 Å². The van der Waals surface area contributed by atoms with Crippen LogP contribution in [0.15, 0.2) is 35.1 Å². The smallest absolute Gasteiger partial charge is 0.227 e. The van der Waals surface area contributed by atoms with Gasteiger partial charge in [0.2, 0.25) is 5.89 Å². The highest BCUT2D eigenvalue weighted by Crippen LogP contribution is 2.37. The fourth-order valence-corrected chi connectivity index (χ4v) is 2.62. The first kappa shape index (κ1) is 13.1. The minimum atomic E-state index is 0.602. The summed E-state index contributed by atoms with van der Waals surface area (Å²) in [7, 11) is 1.70. The SMILES string of the molecule is COc1ccc(C2CC(NCCc3ncno3)C2)cc1. The Morgan fingerprint density at radius 3 is 2.75 bits per heavy atom. The number of hydrogen-bond donors (Lipinski definition) is 1. The molecular formula is C15H19N3O2. The standard InChI is InChI=1S/C15H19N3O2/c1-19-14-4-2-11(3-5-14)12-8-13(9-12)16-7-6-15-17-10-18-20-15/h2-5,10,12-13,16H,6-9H2,1H3. The number of nitrogens with one attached hydrogen (secondary N) is 1. The van der Waals surface area contributed by atoms with Crippen molar-refractivity contribution >= 4 is 0 Å². The normalized spacial score (nSPS) is 21.4. The summed E-state index contributed by atoms with van der Waals surface area (Å²) in [6.45, 7) is 0.891. The van der Waals surface area contributed by atoms with Crippen molar-refractivity contribution < 1.29 is 9.26 Å². The van der Waals surface area contributed by atoms with Crippen molar-refractivity contribution in [3.63, 3.8) is 0 Å². The first-order valence-corrected chi connectivity index (χ1v) is 6.98. The van der Waals surface area contributed by atoms with Crippen molar-refractivity contribution in [2.45, 2.75) is 31.2 Å². The molecule has 1 saturated carbocycles. The van der Waals surface area contributed by atoms with Crippen LogP contribution in [-0.2, 0) is 6.42 Å². The van der Waals surface area contributed by atoms with E-state index in [0.29, 0.717) is 17.9 Å². The van der Waals surface area contributed by atoms with E-state index in [1.807, 2.05) is 12.1 Å². The molecule has 3 rings (SSSR count). The van der Waals surface area contributed by atoms with E-state index in [4.69, 9.17) is 9.26 Å². The van der Waals surface area contributed by atoms with Crippen LogP contribution in [-0.4, -0.2) is 29.8 Å². The molecule has 1 heterocycles. The average molecular weight is 273 g/mol. The summed E-state index contributed by atoms with van der Waals surface area (Å²) in [5, 5.41) is 7.12. The van der Waals surface area contributed by atoms with E-state index in [2.05, 4.69) is 27.6 Å². The van der Waals surface area contributed by atoms with E-state index in [0.717, 1.165) is 18.7 Å². The van der Waals surface area contributed by atoms with Crippen LogP contribution < -0.4 is 10.1 Å². The number of hydrogen-bond acceptors (Lipinski definition) is 5. The van der Waals surface area contributed by atoms with Crippen molar-refractivity contribution in [3.8, 4) is 5.75 Å². The minimum Gasteiger partial charge on any atom is -0.497 e. The fraction of sp³-hybridized carbons (Fsp3) is 0.467. The van der Waals surface area contributed by atoms with Crippen molar-refractivity contribution in [2.24, 2.45) is 0 Å². The van der Waals surface area contributed by atoms with Gasteiger partial charge in [-0.15, -0.1) is 0 Å². The molecule has 106 valence electrons. The van der Waals surface area contributed by atoms with E-state index in [9.17, 15) is 0 Å². The molecule has 0 unspecified atom stereocenters. The van der Waals surface area contributed by atoms with Crippen LogP contribution in [0.2, 0.25) is 0 Å². The number of rotatable bonds is 6. The predicted octanol–water partition coefficient (Wildman–Crippen LogP) is 2.16. The van der Waals surface area contributed by atoms with E-state index in [-0.39, 0.29) is 0 Å². The van der Waals surface area contributed by atoms with Crippen LogP contribution in [0.4, 0.5) is 0 Å². The number of nitrogens with zero attached hydrogens (tertiary/aromatic N) is 2. The lowest BCUT2D eigenvalue weighted by Crippen LogP contribution is -2.40. The summed E-state index contributed by atoms with van der Waals surface area (Å²) in [6.07, 6.45) is 4.62. The third kappa shape index (κ3) is 2.99. The Bertz CT molecular complexity index is 519. The van der Waals surface area contributed by atoms with E-state index in [1.54, 1.807) is 7.11 Å². The second-order valence-electron chi connectivity index (χ2n) is 5.18. The second kappa shape index (κ2) is 6.05. The first-order valence-electron chi connectivity index (χ1n) is 6.98. The van der Waals surface area contributed by atoms with E-state index in [1.165, 1.54) is 24.7 Å². The van der Waals surface area contributed by atoms with Crippen molar-refractivity contribution in [2.75, 3.05) is 13.7 Å². The van der Waals surface area contributed by atoms with Crippen LogP contribution in [0.5, 0.6) is 5.75 Å². The summed E-state index contributed by atoms with van der Waals surface area (Å²) < 4.78 is 10.1. The molecule has 0 atom stereocenters. The van der Waals surface area contributed by atoms with Crippen LogP contribution in [0.25, 0.3) is 0 Å². The van der Waals surface area contributed by atoms with Gasteiger partial charge in [0.25, 0.3) is 0 Å². The van der Waals surface area contributed by atoms with Crippen molar-refractivity contribution in [1.29, 1.82) is 0 Å². The van der Waals surface area contributed by atoms with Gasteiger partial charge in [0.1, 0.15) is 5.75 Å². The zero-order valence-electron chi connectivity index (χ0n) is 11.6. The van der Waals surface area contributed by atoms with Gasteiger partial charge < -0.3 is 14.6 Å². The highest BCUT2D eigenvalue weighted by atomic mass is 16.5. The van der Waals surface area contributed by atoms with Crippen LogP contribution in [0.1, 0.15) is 30.2 Å². The molecule has 1 aromatic heterocycles. The monoisotopic (exact) mass is 273 g/mol. The number of methoxy groups -OCH3 is 1. The summed E-state index contributed by atoms with van der Waals surface area (Å²) >= 11 is 0. The topological polar surface area (TPSA) is 60.2 Å². The Morgan fingerprint density at radius 1 is 1.30 bits per heavy atom. The van der Waals surface area contributed by atoms with Gasteiger partial charge >= 0.3 is 0 Å². The highest BCUT2D eigenvalue weighted by Gasteiger charge is 2.29. The number of benzene rings is 1. The molecule has 5 nitrogen and oxygen atoms in total. The quantitative estimate of drug-likeness (QED) is 0.874. The molecule has 1 aliphatic rings. The van der Waals surface area contributed by atoms with Gasteiger partial charge in [-0.2, -0.15) is 4.98 Å². The first-order chi connectivity index (χ1) is 9.85. The van der Waals surface area contributed by atoms with Gasteiger partial charge in [0.15, 0.2) is 6.33 Å². The second-order valence-corrected chi connectivity index (χ2v) is 5.18. The summed E-state index contributed by atoms with van der Waals surface area (Å²) in [6, 6.07) is 9.00. The molecule has 2 aromatic rings. The van der Waals surface area contributed by atoms with Gasteiger partial charge in [-0.25, -0.2) is 0 Å². The largest absolute Gasteiger partial charge is 0.497 e. The Labute approximate surface area is 118 Å². The molecule has 0 radical (unpaired) electrons. The van der Waals surface area contributed by atoms with Gasteiger partial charge in [-0.1, -0.05) is 17.3 Å². The highest BCUT2D eigenvalue weighted by molar-refractivity contribution is 5.30. The van der Waals surface area contributed by atoms with E-state index >= 15 is 0 Å². The summed E-state index contributed by atoms with van der Waals surface area (Å²) in [4.78, 5) is 4.01. The molecule has 0 aliphatic heterocycles. The lowest BCUT2D eigenvalue weighted by Gasteiger charge is -2.36. The van der Waals surface area contributed by atoms with Gasteiger partial charge in [0, 0.05) is 19.0 Å². The molecule has 5 heteroatoms. The molecular weight excluding hydrogens is 254 g/mol. The molecule has 0 amide bonds. The molecule has 0 bridgehead atoms. The summed E-state index contributed by atoms with van der Waals surface area (Å²) in [5.41, 5.74) is 1.40. The van der Waals surface area contributed by atoms with Crippen LogP contribution in [0, 0.1) is 0 Å². The summed E-state index contributed by atoms with van der Waals surface area (Å²) in [5.74, 6) is 2.28. The third-order valence-corrected chi connectivity index (χ3v) is 3.90. The minimum absolute atomic E-state index is 0.602. The number of ether oxygens (including phenoxy) is 1. The van der Waals surface area contributed by atoms with Crippen LogP contribution >= 0.6 is 0 Å². The van der Waals surface area contributed by atoms with E-state index < -0.39 is 0 Å². The van der Waals surface area contributed by atoms with Gasteiger partial charge in [0.05, 0.1) is 7.11 Å². The van der Waals surface area contributed by atoms with Gasteiger partial charge in [-0.05, 0) is 36.5 Å². The lowest BCUT2D eigenvalue weighted by molar-refractivity contribution is 0.287. The Kier molecular flexibility index (Phi) is 3.97. The molecule has 0 saturated heterocycles. The zero-order valence-corrected chi connectivity index (χ0v) is 11.6. The Morgan fingerprint density at radius 2 is 2.10 bits per heavy atom. The Balaban J connectivity index is 1.39. The predicted molar refractivity (Wildman–Crippen MR) is 74.8 cm³/mol.